The molecule has 0 aromatic rings. The second-order valence-corrected chi connectivity index (χ2v) is 9.20. The summed E-state index contributed by atoms with van der Waals surface area (Å²) in [6.07, 6.45) is 0.378. The molecule has 2 amide bonds. The van der Waals surface area contributed by atoms with E-state index < -0.39 is 21.8 Å². The number of nitrogens with zero attached hydrogens (tertiary/aromatic N) is 2. The van der Waals surface area contributed by atoms with Gasteiger partial charge >= 0.3 is 0 Å². The number of rotatable bonds is 3. The molecule has 2 rings (SSSR count). The van der Waals surface area contributed by atoms with Gasteiger partial charge in [-0.15, -0.1) is 11.8 Å². The topological polar surface area (TPSA) is 74.8 Å². The van der Waals surface area contributed by atoms with Crippen molar-refractivity contribution in [3.8, 4) is 0 Å². The molecule has 120 valence electrons. The second-order valence-electron chi connectivity index (χ2n) is 5.97. The Morgan fingerprint density at radius 3 is 2.52 bits per heavy atom. The van der Waals surface area contributed by atoms with Crippen LogP contribution in [0.25, 0.3) is 0 Å². The van der Waals surface area contributed by atoms with Crippen molar-refractivity contribution >= 4 is 33.4 Å². The highest BCUT2D eigenvalue weighted by molar-refractivity contribution is 7.99. The number of hydrogen-bond donors (Lipinski definition) is 0. The lowest BCUT2D eigenvalue weighted by atomic mass is 10.1. The van der Waals surface area contributed by atoms with Gasteiger partial charge in [-0.3, -0.25) is 9.59 Å². The van der Waals surface area contributed by atoms with Gasteiger partial charge in [0, 0.05) is 18.8 Å². The highest BCUT2D eigenvalue weighted by Gasteiger charge is 2.42. The van der Waals surface area contributed by atoms with Crippen LogP contribution in [0.1, 0.15) is 20.3 Å². The molecule has 21 heavy (non-hydrogen) atoms. The molecule has 0 aromatic carbocycles. The molecule has 0 aromatic heterocycles. The van der Waals surface area contributed by atoms with Gasteiger partial charge in [0.2, 0.25) is 11.8 Å². The zero-order valence-corrected chi connectivity index (χ0v) is 14.2. The van der Waals surface area contributed by atoms with E-state index >= 15 is 0 Å². The predicted octanol–water partition coefficient (Wildman–Crippen LogP) is 0.189. The summed E-state index contributed by atoms with van der Waals surface area (Å²) < 4.78 is 23.0. The van der Waals surface area contributed by atoms with Crippen LogP contribution in [0, 0.1) is 5.92 Å². The molecule has 2 aliphatic heterocycles. The van der Waals surface area contributed by atoms with E-state index in [-0.39, 0.29) is 29.4 Å². The Kier molecular flexibility index (Phi) is 4.87. The third-order valence-corrected chi connectivity index (χ3v) is 6.93. The van der Waals surface area contributed by atoms with Crippen molar-refractivity contribution in [3.05, 3.63) is 0 Å². The molecule has 2 saturated heterocycles. The van der Waals surface area contributed by atoms with Crippen LogP contribution in [-0.4, -0.2) is 72.3 Å². The third-order valence-electron chi connectivity index (χ3n) is 4.15. The van der Waals surface area contributed by atoms with Gasteiger partial charge < -0.3 is 9.80 Å². The first-order valence-corrected chi connectivity index (χ1v) is 10.1. The first kappa shape index (κ1) is 16.6. The van der Waals surface area contributed by atoms with Gasteiger partial charge in [0.05, 0.1) is 23.3 Å². The fourth-order valence-corrected chi connectivity index (χ4v) is 5.47. The van der Waals surface area contributed by atoms with Gasteiger partial charge in [-0.1, -0.05) is 0 Å². The van der Waals surface area contributed by atoms with E-state index in [1.165, 1.54) is 0 Å². The van der Waals surface area contributed by atoms with Crippen LogP contribution in [0.4, 0.5) is 0 Å². The molecule has 0 bridgehead atoms. The van der Waals surface area contributed by atoms with E-state index in [2.05, 4.69) is 0 Å². The maximum absolute atomic E-state index is 12.5. The van der Waals surface area contributed by atoms with Crippen LogP contribution in [0.15, 0.2) is 0 Å². The van der Waals surface area contributed by atoms with Crippen molar-refractivity contribution in [2.75, 3.05) is 30.2 Å². The van der Waals surface area contributed by atoms with Crippen molar-refractivity contribution in [1.82, 2.24) is 9.80 Å². The largest absolute Gasteiger partial charge is 0.342 e. The maximum atomic E-state index is 12.5. The molecule has 2 unspecified atom stereocenters. The highest BCUT2D eigenvalue weighted by Crippen LogP contribution is 2.28. The minimum absolute atomic E-state index is 0.0656. The van der Waals surface area contributed by atoms with Gasteiger partial charge in [0.1, 0.15) is 6.04 Å². The smallest absolute Gasteiger partial charge is 0.246 e. The Morgan fingerprint density at radius 2 is 2.00 bits per heavy atom. The molecule has 2 heterocycles. The molecular weight excluding hydrogens is 312 g/mol. The lowest BCUT2D eigenvalue weighted by Gasteiger charge is -2.30. The number of thioether (sulfide) groups is 1. The summed E-state index contributed by atoms with van der Waals surface area (Å²) in [5, 5.41) is 0. The Hall–Kier alpha value is -0.760. The Bertz CT molecular complexity index is 532. The summed E-state index contributed by atoms with van der Waals surface area (Å²) in [6, 6.07) is -0.384. The van der Waals surface area contributed by atoms with Gasteiger partial charge in [-0.25, -0.2) is 8.42 Å². The normalized spacial score (nSPS) is 28.1. The van der Waals surface area contributed by atoms with E-state index in [4.69, 9.17) is 0 Å². The van der Waals surface area contributed by atoms with Gasteiger partial charge in [-0.05, 0) is 20.3 Å². The molecule has 6 nitrogen and oxygen atoms in total. The monoisotopic (exact) mass is 334 g/mol. The van der Waals surface area contributed by atoms with Crippen molar-refractivity contribution < 1.29 is 18.0 Å². The van der Waals surface area contributed by atoms with Gasteiger partial charge in [-0.2, -0.15) is 0 Å². The molecule has 0 aliphatic carbocycles. The number of carbonyl (C=O) groups excluding carboxylic acids is 2. The van der Waals surface area contributed by atoms with E-state index in [1.54, 1.807) is 28.6 Å². The summed E-state index contributed by atoms with van der Waals surface area (Å²) in [5.41, 5.74) is 0. The summed E-state index contributed by atoms with van der Waals surface area (Å²) >= 11 is 1.54. The van der Waals surface area contributed by atoms with Crippen LogP contribution in [0.2, 0.25) is 0 Å². The lowest BCUT2D eigenvalue weighted by Crippen LogP contribution is -2.51. The second kappa shape index (κ2) is 6.16. The number of likely N-dealkylation sites (N-methyl/N-ethyl adjacent to an activating group) is 1. The van der Waals surface area contributed by atoms with Crippen LogP contribution in [0.5, 0.6) is 0 Å². The van der Waals surface area contributed by atoms with Gasteiger partial charge in [0.25, 0.3) is 0 Å². The number of amides is 2. The standard InChI is InChI=1S/C13H22N2O4S2/c1-9(2)14(3)13(17)11-6-20-8-15(11)12(16)10-4-5-21(18,19)7-10/h9-11H,4-8H2,1-3H3. The highest BCUT2D eigenvalue weighted by atomic mass is 32.2. The van der Waals surface area contributed by atoms with Crippen LogP contribution in [-0.2, 0) is 19.4 Å². The van der Waals surface area contributed by atoms with Crippen molar-refractivity contribution in [2.24, 2.45) is 5.92 Å². The lowest BCUT2D eigenvalue weighted by molar-refractivity contribution is -0.145. The van der Waals surface area contributed by atoms with Crippen LogP contribution < -0.4 is 0 Å². The molecule has 2 atom stereocenters. The number of carbonyl (C=O) groups is 2. The molecule has 8 heteroatoms. The van der Waals surface area contributed by atoms with Crippen molar-refractivity contribution in [2.45, 2.75) is 32.4 Å². The van der Waals surface area contributed by atoms with Crippen LogP contribution >= 0.6 is 11.8 Å². The minimum atomic E-state index is -3.09. The summed E-state index contributed by atoms with van der Waals surface area (Å²) in [5.74, 6) is 0.330. The number of sulfone groups is 1. The average molecular weight is 334 g/mol. The molecular formula is C13H22N2O4S2. The molecule has 0 radical (unpaired) electrons. The van der Waals surface area contributed by atoms with E-state index in [9.17, 15) is 18.0 Å². The summed E-state index contributed by atoms with van der Waals surface area (Å²) in [6.45, 7) is 3.85. The maximum Gasteiger partial charge on any atom is 0.246 e. The van der Waals surface area contributed by atoms with E-state index in [0.29, 0.717) is 18.1 Å². The zero-order chi connectivity index (χ0) is 15.8. The fourth-order valence-electron chi connectivity index (χ4n) is 2.58. The van der Waals surface area contributed by atoms with Crippen molar-refractivity contribution in [1.29, 1.82) is 0 Å². The number of hydrogen-bond acceptors (Lipinski definition) is 5. The Labute approximate surface area is 130 Å². The molecule has 2 aliphatic rings. The molecule has 0 saturated carbocycles. The zero-order valence-electron chi connectivity index (χ0n) is 12.6. The average Bonchev–Trinajstić information content (AvgIpc) is 3.02. The molecule has 2 fully saturated rings. The first-order chi connectivity index (χ1) is 9.73. The predicted molar refractivity (Wildman–Crippen MR) is 82.6 cm³/mol. The fraction of sp³-hybridized carbons (Fsp3) is 0.846. The van der Waals surface area contributed by atoms with E-state index in [0.717, 1.165) is 0 Å². The summed E-state index contributed by atoms with van der Waals surface area (Å²) in [7, 11) is -1.35. The molecule has 0 N–H and O–H groups in total. The first-order valence-electron chi connectivity index (χ1n) is 7.08. The third kappa shape index (κ3) is 3.53. The van der Waals surface area contributed by atoms with Crippen molar-refractivity contribution in [3.63, 3.8) is 0 Å². The quantitative estimate of drug-likeness (QED) is 0.736. The Morgan fingerprint density at radius 1 is 1.33 bits per heavy atom. The molecule has 0 spiro atoms. The van der Waals surface area contributed by atoms with Crippen LogP contribution in [0.3, 0.4) is 0 Å². The van der Waals surface area contributed by atoms with E-state index in [1.807, 2.05) is 13.8 Å². The Balaban J connectivity index is 2.08. The summed E-state index contributed by atoms with van der Waals surface area (Å²) in [4.78, 5) is 28.2. The SMILES string of the molecule is CC(C)N(C)C(=O)C1CSCN1C(=O)C1CCS(=O)(=O)C1. The van der Waals surface area contributed by atoms with Gasteiger partial charge in [0.15, 0.2) is 9.84 Å². The minimum Gasteiger partial charge on any atom is -0.342 e.